The first-order chi connectivity index (χ1) is 16.0. The second-order valence-electron chi connectivity index (χ2n) is 7.95. The molecule has 1 aliphatic carbocycles. The van der Waals surface area contributed by atoms with Crippen LogP contribution in [0.25, 0.3) is 11.1 Å². The number of hydrogen-bond acceptors (Lipinski definition) is 5. The fourth-order valence-electron chi connectivity index (χ4n) is 4.29. The number of nitrogens with one attached hydrogen (secondary N) is 1. The van der Waals surface area contributed by atoms with Gasteiger partial charge in [0.2, 0.25) is 0 Å². The predicted molar refractivity (Wildman–Crippen MR) is 122 cm³/mol. The third-order valence-electron chi connectivity index (χ3n) is 5.93. The van der Waals surface area contributed by atoms with Gasteiger partial charge in [-0.2, -0.15) is 0 Å². The van der Waals surface area contributed by atoms with Crippen LogP contribution in [0.4, 0.5) is 4.79 Å². The van der Waals surface area contributed by atoms with Crippen molar-refractivity contribution >= 4 is 12.1 Å². The molecular formula is C26H25NO6. The molecule has 0 aliphatic heterocycles. The molecule has 1 aliphatic rings. The monoisotopic (exact) mass is 447 g/mol. The van der Waals surface area contributed by atoms with Crippen LogP contribution in [-0.2, 0) is 4.74 Å². The summed E-state index contributed by atoms with van der Waals surface area (Å²) in [6, 6.07) is 22.0. The van der Waals surface area contributed by atoms with Crippen molar-refractivity contribution in [3.8, 4) is 11.1 Å². The minimum atomic E-state index is -1.39. The molecule has 2 unspecified atom stereocenters. The molecule has 170 valence electrons. The van der Waals surface area contributed by atoms with Gasteiger partial charge in [0.15, 0.2) is 0 Å². The summed E-state index contributed by atoms with van der Waals surface area (Å²) in [6.07, 6.45) is -3.23. The minimum Gasteiger partial charge on any atom is -0.478 e. The van der Waals surface area contributed by atoms with Crippen molar-refractivity contribution in [2.24, 2.45) is 0 Å². The molecule has 33 heavy (non-hydrogen) atoms. The van der Waals surface area contributed by atoms with E-state index in [-0.39, 0.29) is 36.6 Å². The number of amides is 1. The molecule has 1 amide bonds. The Bertz CT molecular complexity index is 1120. The second kappa shape index (κ2) is 9.85. The third kappa shape index (κ3) is 4.74. The van der Waals surface area contributed by atoms with Gasteiger partial charge in [-0.15, -0.1) is 0 Å². The highest BCUT2D eigenvalue weighted by atomic mass is 16.5. The SMILES string of the molecule is O=C(NCCC(O)C(O)c1ccccc1C(=O)O)OCC1c2ccccc2-c2ccccc21. The van der Waals surface area contributed by atoms with E-state index in [0.717, 1.165) is 22.3 Å². The maximum Gasteiger partial charge on any atom is 0.407 e. The van der Waals surface area contributed by atoms with Gasteiger partial charge in [0, 0.05) is 12.5 Å². The number of hydrogen-bond donors (Lipinski definition) is 4. The van der Waals surface area contributed by atoms with Gasteiger partial charge in [-0.1, -0.05) is 66.7 Å². The largest absolute Gasteiger partial charge is 0.478 e. The lowest BCUT2D eigenvalue weighted by atomic mass is 9.97. The number of carbonyl (C=O) groups excluding carboxylic acids is 1. The third-order valence-corrected chi connectivity index (χ3v) is 5.93. The summed E-state index contributed by atoms with van der Waals surface area (Å²) in [5, 5.41) is 32.5. The van der Waals surface area contributed by atoms with Gasteiger partial charge in [-0.3, -0.25) is 0 Å². The van der Waals surface area contributed by atoms with E-state index < -0.39 is 24.3 Å². The van der Waals surface area contributed by atoms with E-state index in [2.05, 4.69) is 17.4 Å². The van der Waals surface area contributed by atoms with Gasteiger partial charge in [-0.05, 0) is 40.3 Å². The number of aliphatic hydroxyl groups is 2. The minimum absolute atomic E-state index is 0.0271. The fourth-order valence-corrected chi connectivity index (χ4v) is 4.29. The molecule has 0 spiro atoms. The van der Waals surface area contributed by atoms with E-state index in [1.807, 2.05) is 36.4 Å². The van der Waals surface area contributed by atoms with Crippen molar-refractivity contribution in [2.45, 2.75) is 24.5 Å². The standard InChI is InChI=1S/C26H25NO6/c28-23(24(29)20-11-5-6-12-21(20)25(30)31)13-14-27-26(32)33-15-22-18-9-3-1-7-16(18)17-8-2-4-10-19(17)22/h1-12,22-24,28-29H,13-15H2,(H,27,32)(H,30,31). The fraction of sp³-hybridized carbons (Fsp3) is 0.231. The van der Waals surface area contributed by atoms with Crippen LogP contribution in [0, 0.1) is 0 Å². The molecule has 0 fully saturated rings. The molecule has 0 bridgehead atoms. The van der Waals surface area contributed by atoms with Gasteiger partial charge >= 0.3 is 12.1 Å². The summed E-state index contributed by atoms with van der Waals surface area (Å²) in [4.78, 5) is 23.6. The molecular weight excluding hydrogens is 422 g/mol. The summed E-state index contributed by atoms with van der Waals surface area (Å²) in [5.41, 5.74) is 4.55. The summed E-state index contributed by atoms with van der Waals surface area (Å²) in [7, 11) is 0. The number of aromatic carboxylic acids is 1. The zero-order valence-electron chi connectivity index (χ0n) is 17.8. The van der Waals surface area contributed by atoms with Crippen LogP contribution < -0.4 is 5.32 Å². The highest BCUT2D eigenvalue weighted by molar-refractivity contribution is 5.89. The van der Waals surface area contributed by atoms with Gasteiger partial charge in [-0.25, -0.2) is 9.59 Å². The maximum atomic E-state index is 12.2. The smallest absolute Gasteiger partial charge is 0.407 e. The predicted octanol–water partition coefficient (Wildman–Crippen LogP) is 3.71. The Hall–Kier alpha value is -3.68. The highest BCUT2D eigenvalue weighted by Crippen LogP contribution is 2.44. The molecule has 0 saturated carbocycles. The number of aliphatic hydroxyl groups excluding tert-OH is 2. The Morgan fingerprint density at radius 3 is 2.09 bits per heavy atom. The molecule has 7 heteroatoms. The Kier molecular flexibility index (Phi) is 6.72. The molecule has 4 N–H and O–H groups in total. The van der Waals surface area contributed by atoms with Crippen molar-refractivity contribution in [1.82, 2.24) is 5.32 Å². The van der Waals surface area contributed by atoms with Crippen molar-refractivity contribution in [2.75, 3.05) is 13.2 Å². The lowest BCUT2D eigenvalue weighted by Crippen LogP contribution is -2.31. The molecule has 0 saturated heterocycles. The lowest BCUT2D eigenvalue weighted by Gasteiger charge is -2.20. The molecule has 0 radical (unpaired) electrons. The number of alkyl carbamates (subject to hydrolysis) is 1. The first kappa shape index (κ1) is 22.5. The number of benzene rings is 3. The van der Waals surface area contributed by atoms with Crippen LogP contribution >= 0.6 is 0 Å². The van der Waals surface area contributed by atoms with Crippen molar-refractivity contribution in [3.05, 3.63) is 95.1 Å². The number of carbonyl (C=O) groups is 2. The van der Waals surface area contributed by atoms with Crippen LogP contribution in [0.2, 0.25) is 0 Å². The van der Waals surface area contributed by atoms with Gasteiger partial charge < -0.3 is 25.4 Å². The van der Waals surface area contributed by atoms with Crippen molar-refractivity contribution in [1.29, 1.82) is 0 Å². The number of fused-ring (bicyclic) bond motifs is 3. The summed E-state index contributed by atoms with van der Waals surface area (Å²) >= 11 is 0. The topological polar surface area (TPSA) is 116 Å². The molecule has 0 heterocycles. The van der Waals surface area contributed by atoms with Crippen molar-refractivity contribution in [3.63, 3.8) is 0 Å². The summed E-state index contributed by atoms with van der Waals surface area (Å²) in [6.45, 7) is 0.237. The zero-order valence-corrected chi connectivity index (χ0v) is 17.8. The van der Waals surface area contributed by atoms with E-state index in [1.54, 1.807) is 12.1 Å². The van der Waals surface area contributed by atoms with E-state index in [0.29, 0.717) is 0 Å². The normalized spacial score (nSPS) is 14.1. The van der Waals surface area contributed by atoms with E-state index in [1.165, 1.54) is 12.1 Å². The Balaban J connectivity index is 1.30. The average Bonchev–Trinajstić information content (AvgIpc) is 3.16. The number of carboxylic acid groups (broad SMARTS) is 1. The van der Waals surface area contributed by atoms with Crippen LogP contribution in [0.3, 0.4) is 0 Å². The van der Waals surface area contributed by atoms with E-state index in [4.69, 9.17) is 4.74 Å². The van der Waals surface area contributed by atoms with Crippen molar-refractivity contribution < 1.29 is 29.6 Å². The first-order valence-electron chi connectivity index (χ1n) is 10.7. The Morgan fingerprint density at radius 1 is 0.879 bits per heavy atom. The number of ether oxygens (including phenoxy) is 1. The summed E-state index contributed by atoms with van der Waals surface area (Å²) < 4.78 is 5.45. The Labute approximate surface area is 191 Å². The zero-order chi connectivity index (χ0) is 23.4. The maximum absolute atomic E-state index is 12.2. The molecule has 3 aromatic carbocycles. The summed E-state index contributed by atoms with van der Waals surface area (Å²) in [5.74, 6) is -1.24. The first-order valence-corrected chi connectivity index (χ1v) is 10.7. The average molecular weight is 447 g/mol. The highest BCUT2D eigenvalue weighted by Gasteiger charge is 2.29. The quantitative estimate of drug-likeness (QED) is 0.418. The van der Waals surface area contributed by atoms with E-state index in [9.17, 15) is 24.9 Å². The lowest BCUT2D eigenvalue weighted by molar-refractivity contribution is 0.0128. The molecule has 3 aromatic rings. The number of rotatable bonds is 8. The number of carboxylic acids is 1. The van der Waals surface area contributed by atoms with Crippen LogP contribution in [0.1, 0.15) is 45.5 Å². The Morgan fingerprint density at radius 2 is 1.45 bits per heavy atom. The molecule has 0 aromatic heterocycles. The van der Waals surface area contributed by atoms with Gasteiger partial charge in [0.1, 0.15) is 12.7 Å². The van der Waals surface area contributed by atoms with E-state index >= 15 is 0 Å². The molecule has 4 rings (SSSR count). The van der Waals surface area contributed by atoms with Crippen LogP contribution in [-0.4, -0.2) is 46.6 Å². The molecule has 2 atom stereocenters. The van der Waals surface area contributed by atoms with Crippen LogP contribution in [0.15, 0.2) is 72.8 Å². The van der Waals surface area contributed by atoms with Gasteiger partial charge in [0.05, 0.1) is 11.7 Å². The molecule has 7 nitrogen and oxygen atoms in total. The van der Waals surface area contributed by atoms with Crippen LogP contribution in [0.5, 0.6) is 0 Å². The van der Waals surface area contributed by atoms with Gasteiger partial charge in [0.25, 0.3) is 0 Å². The second-order valence-corrected chi connectivity index (χ2v) is 7.95.